The summed E-state index contributed by atoms with van der Waals surface area (Å²) < 4.78 is 131. The lowest BCUT2D eigenvalue weighted by Gasteiger charge is -2.16. The molecule has 0 saturated heterocycles. The predicted octanol–water partition coefficient (Wildman–Crippen LogP) is 10.1. The zero-order valence-electron chi connectivity index (χ0n) is 21.7. The Morgan fingerprint density at radius 3 is 1.83 bits per heavy atom. The minimum absolute atomic E-state index is 0.0344. The number of hydrogen-bond acceptors (Lipinski definition) is 2. The van der Waals surface area contributed by atoms with E-state index < -0.39 is 52.8 Å². The second-order valence-electron chi connectivity index (χ2n) is 9.13. The van der Waals surface area contributed by atoms with Crippen LogP contribution in [-0.4, -0.2) is 12.5 Å². The number of benzene rings is 4. The molecule has 0 heterocycles. The topological polar surface area (TPSA) is 18.5 Å². The Labute approximate surface area is 234 Å². The van der Waals surface area contributed by atoms with E-state index in [9.17, 15) is 39.5 Å². The lowest BCUT2D eigenvalue weighted by Crippen LogP contribution is -2.22. The molecule has 4 rings (SSSR count). The molecule has 11 heteroatoms. The number of rotatable bonds is 9. The molecule has 0 amide bonds. The Kier molecular flexibility index (Phi) is 8.89. The van der Waals surface area contributed by atoms with E-state index in [2.05, 4.69) is 16.4 Å². The van der Waals surface area contributed by atoms with Gasteiger partial charge in [0, 0.05) is 23.3 Å². The van der Waals surface area contributed by atoms with Gasteiger partial charge in [-0.1, -0.05) is 49.7 Å². The molecule has 0 fully saturated rings. The van der Waals surface area contributed by atoms with Crippen molar-refractivity contribution in [2.75, 3.05) is 0 Å². The van der Waals surface area contributed by atoms with Crippen molar-refractivity contribution in [2.24, 2.45) is 0 Å². The molecule has 0 bridgehead atoms. The van der Waals surface area contributed by atoms with Gasteiger partial charge in [0.2, 0.25) is 0 Å². The minimum Gasteiger partial charge on any atom is -0.429 e. The average molecular weight is 596 g/mol. The van der Waals surface area contributed by atoms with E-state index >= 15 is 0 Å². The fourth-order valence-corrected chi connectivity index (χ4v) is 4.10. The van der Waals surface area contributed by atoms with Crippen LogP contribution in [0.3, 0.4) is 0 Å². The van der Waals surface area contributed by atoms with Gasteiger partial charge < -0.3 is 9.47 Å². The summed E-state index contributed by atoms with van der Waals surface area (Å²) in [7, 11) is 0. The van der Waals surface area contributed by atoms with Crippen LogP contribution < -0.4 is 9.47 Å². The second kappa shape index (κ2) is 12.2. The molecule has 4 aromatic rings. The van der Waals surface area contributed by atoms with Crippen LogP contribution in [0.15, 0.2) is 78.9 Å². The molecule has 220 valence electrons. The van der Waals surface area contributed by atoms with E-state index in [4.69, 9.17) is 0 Å². The molecule has 0 aromatic heterocycles. The first kappa shape index (κ1) is 30.5. The lowest BCUT2D eigenvalue weighted by atomic mass is 9.97. The van der Waals surface area contributed by atoms with Crippen LogP contribution >= 0.6 is 0 Å². The molecule has 42 heavy (non-hydrogen) atoms. The van der Waals surface area contributed by atoms with Crippen molar-refractivity contribution >= 4 is 6.08 Å². The first-order valence-corrected chi connectivity index (χ1v) is 12.4. The zero-order chi connectivity index (χ0) is 30.7. The maximum atomic E-state index is 15.0. The number of aryl methyl sites for hydroxylation is 1. The van der Waals surface area contributed by atoms with Gasteiger partial charge in [-0.3, -0.25) is 0 Å². The quantitative estimate of drug-likeness (QED) is 0.179. The standard InChI is InChI=1S/C31H21F9O2/c1-2-3-18-4-6-19(7-5-18)20-8-10-23(25(32)14-20)21-15-26(33)24(27(34)16-21)12-13-30(36,37)41-22-9-11-29(28(35)17-22)42-31(38,39)40/h4-17H,2-3H2,1H3/b13-12+. The van der Waals surface area contributed by atoms with E-state index in [-0.39, 0.29) is 23.3 Å². The maximum absolute atomic E-state index is 15.0. The molecule has 0 unspecified atom stereocenters. The maximum Gasteiger partial charge on any atom is 0.573 e. The average Bonchev–Trinajstić information content (AvgIpc) is 2.89. The highest BCUT2D eigenvalue weighted by molar-refractivity contribution is 5.72. The normalized spacial score (nSPS) is 12.1. The summed E-state index contributed by atoms with van der Waals surface area (Å²) >= 11 is 0. The van der Waals surface area contributed by atoms with Crippen LogP contribution in [0.5, 0.6) is 11.5 Å². The molecule has 0 saturated carbocycles. The smallest absolute Gasteiger partial charge is 0.429 e. The first-order chi connectivity index (χ1) is 19.7. The van der Waals surface area contributed by atoms with E-state index in [0.29, 0.717) is 23.8 Å². The predicted molar refractivity (Wildman–Crippen MR) is 139 cm³/mol. The SMILES string of the molecule is CCCc1ccc(-c2ccc(-c3cc(F)c(/C=C/C(F)(F)Oc4ccc(OC(F)(F)F)c(F)c4)c(F)c3)c(F)c2)cc1. The fourth-order valence-electron chi connectivity index (χ4n) is 4.10. The zero-order valence-corrected chi connectivity index (χ0v) is 21.7. The summed E-state index contributed by atoms with van der Waals surface area (Å²) in [5.74, 6) is -7.12. The third-order valence-corrected chi connectivity index (χ3v) is 6.01. The van der Waals surface area contributed by atoms with E-state index in [1.165, 1.54) is 12.1 Å². The number of hydrogen-bond donors (Lipinski definition) is 0. The van der Waals surface area contributed by atoms with E-state index in [1.807, 2.05) is 24.3 Å². The van der Waals surface area contributed by atoms with Gasteiger partial charge in [0.1, 0.15) is 23.2 Å². The van der Waals surface area contributed by atoms with Gasteiger partial charge in [-0.05, 0) is 65.1 Å². The van der Waals surface area contributed by atoms with E-state index in [0.717, 1.165) is 36.1 Å². The van der Waals surface area contributed by atoms with Crippen molar-refractivity contribution in [1.82, 2.24) is 0 Å². The van der Waals surface area contributed by atoms with Crippen LogP contribution in [0, 0.1) is 23.3 Å². The Morgan fingerprint density at radius 1 is 0.643 bits per heavy atom. The van der Waals surface area contributed by atoms with Crippen molar-refractivity contribution in [3.8, 4) is 33.8 Å². The highest BCUT2D eigenvalue weighted by Crippen LogP contribution is 2.33. The Morgan fingerprint density at radius 2 is 1.26 bits per heavy atom. The minimum atomic E-state index is -5.21. The van der Waals surface area contributed by atoms with Crippen LogP contribution in [0.1, 0.15) is 24.5 Å². The molecule has 0 atom stereocenters. The highest BCUT2D eigenvalue weighted by Gasteiger charge is 2.33. The van der Waals surface area contributed by atoms with Gasteiger partial charge in [-0.15, -0.1) is 13.2 Å². The second-order valence-corrected chi connectivity index (χ2v) is 9.13. The molecule has 0 aliphatic carbocycles. The summed E-state index contributed by atoms with van der Waals surface area (Å²) in [5, 5.41) is 0. The molecule has 0 aliphatic heterocycles. The molecular formula is C31H21F9O2. The van der Waals surface area contributed by atoms with Gasteiger partial charge in [0.25, 0.3) is 0 Å². The van der Waals surface area contributed by atoms with Crippen LogP contribution in [-0.2, 0) is 6.42 Å². The molecule has 4 aromatic carbocycles. The van der Waals surface area contributed by atoms with Crippen LogP contribution in [0.2, 0.25) is 0 Å². The highest BCUT2D eigenvalue weighted by atomic mass is 19.4. The number of halogens is 9. The third-order valence-electron chi connectivity index (χ3n) is 6.01. The summed E-state index contributed by atoms with van der Waals surface area (Å²) in [6.45, 7) is 2.05. The Balaban J connectivity index is 1.51. The molecule has 0 aliphatic rings. The summed E-state index contributed by atoms with van der Waals surface area (Å²) in [4.78, 5) is 0. The van der Waals surface area contributed by atoms with Crippen molar-refractivity contribution < 1.29 is 49.0 Å². The number of alkyl halides is 5. The van der Waals surface area contributed by atoms with Gasteiger partial charge in [-0.25, -0.2) is 17.6 Å². The van der Waals surface area contributed by atoms with Crippen LogP contribution in [0.4, 0.5) is 39.5 Å². The summed E-state index contributed by atoms with van der Waals surface area (Å²) in [6.07, 6.45) is -7.26. The summed E-state index contributed by atoms with van der Waals surface area (Å²) in [6, 6.07) is 14.5. The van der Waals surface area contributed by atoms with Crippen molar-refractivity contribution in [3.63, 3.8) is 0 Å². The van der Waals surface area contributed by atoms with Gasteiger partial charge >= 0.3 is 12.5 Å². The van der Waals surface area contributed by atoms with Gasteiger partial charge in [-0.2, -0.15) is 8.78 Å². The fraction of sp³-hybridized carbons (Fsp3) is 0.161. The van der Waals surface area contributed by atoms with Gasteiger partial charge in [0.15, 0.2) is 11.6 Å². The Hall–Kier alpha value is -4.41. The van der Waals surface area contributed by atoms with Crippen molar-refractivity contribution in [1.29, 1.82) is 0 Å². The Bertz CT molecular complexity index is 1570. The largest absolute Gasteiger partial charge is 0.573 e. The molecule has 0 spiro atoms. The van der Waals surface area contributed by atoms with Crippen LogP contribution in [0.25, 0.3) is 28.3 Å². The molecule has 0 radical (unpaired) electrons. The van der Waals surface area contributed by atoms with E-state index in [1.54, 1.807) is 6.07 Å². The lowest BCUT2D eigenvalue weighted by molar-refractivity contribution is -0.275. The molecular weight excluding hydrogens is 575 g/mol. The third kappa shape index (κ3) is 7.65. The molecule has 0 N–H and O–H groups in total. The van der Waals surface area contributed by atoms with Gasteiger partial charge in [0.05, 0.1) is 0 Å². The first-order valence-electron chi connectivity index (χ1n) is 12.4. The number of ether oxygens (including phenoxy) is 2. The monoisotopic (exact) mass is 596 g/mol. The van der Waals surface area contributed by atoms with Crippen molar-refractivity contribution in [3.05, 3.63) is 113 Å². The van der Waals surface area contributed by atoms with Crippen molar-refractivity contribution in [2.45, 2.75) is 32.2 Å². The summed E-state index contributed by atoms with van der Waals surface area (Å²) in [5.41, 5.74) is 1.23. The molecule has 2 nitrogen and oxygen atoms in total.